The molecule has 1 aromatic rings. The van der Waals surface area contributed by atoms with Gasteiger partial charge in [-0.2, -0.15) is 18.7 Å². The maximum Gasteiger partial charge on any atom is 0.413 e. The number of hydroxylamine groups is 1. The van der Waals surface area contributed by atoms with E-state index in [1.54, 1.807) is 12.1 Å². The van der Waals surface area contributed by atoms with Gasteiger partial charge in [-0.15, -0.1) is 0 Å². The van der Waals surface area contributed by atoms with Crippen LogP contribution in [0.3, 0.4) is 0 Å². The fraction of sp³-hybridized carbons (Fsp3) is 0.500. The van der Waals surface area contributed by atoms with Crippen LogP contribution in [0.5, 0.6) is 17.2 Å². The summed E-state index contributed by atoms with van der Waals surface area (Å²) in [6, 6.07) is 3.20. The maximum atomic E-state index is 11.9. The summed E-state index contributed by atoms with van der Waals surface area (Å²) in [6.07, 6.45) is -4.39. The number of hydrogen-bond donors (Lipinski definition) is 1. The Morgan fingerprint density at radius 3 is 1.95 bits per heavy atom. The molecule has 0 heterocycles. The Balaban J connectivity index is 2.77. The summed E-state index contributed by atoms with van der Waals surface area (Å²) >= 11 is 0. The quantitative estimate of drug-likeness (QED) is 0.618. The second-order valence-corrected chi connectivity index (χ2v) is 3.74. The molecule has 1 aromatic carbocycles. The zero-order valence-electron chi connectivity index (χ0n) is 11.3. The van der Waals surface area contributed by atoms with Gasteiger partial charge >= 0.3 is 6.18 Å². The summed E-state index contributed by atoms with van der Waals surface area (Å²) < 4.78 is 51.2. The van der Waals surface area contributed by atoms with Crippen LogP contribution in [0.2, 0.25) is 0 Å². The summed E-state index contributed by atoms with van der Waals surface area (Å²) in [4.78, 5) is 4.34. The standard InChI is InChI=1S/C12H16F3NO4/c1-17-8-4-10(18-2)9(11(5-8)19-3)6-16-20-7-12(13,14)15/h4-5,16H,6-7H2,1-3H3. The highest BCUT2D eigenvalue weighted by atomic mass is 19.4. The third-order valence-corrected chi connectivity index (χ3v) is 2.40. The van der Waals surface area contributed by atoms with Gasteiger partial charge in [0, 0.05) is 12.1 Å². The molecule has 0 aliphatic heterocycles. The highest BCUT2D eigenvalue weighted by Gasteiger charge is 2.27. The zero-order chi connectivity index (χ0) is 15.2. The van der Waals surface area contributed by atoms with Crippen LogP contribution < -0.4 is 19.7 Å². The molecule has 0 aliphatic rings. The first-order chi connectivity index (χ1) is 9.41. The van der Waals surface area contributed by atoms with Crippen LogP contribution >= 0.6 is 0 Å². The second kappa shape index (κ2) is 7.20. The van der Waals surface area contributed by atoms with Crippen molar-refractivity contribution in [3.63, 3.8) is 0 Å². The van der Waals surface area contributed by atoms with Crippen LogP contribution in [-0.2, 0) is 11.4 Å². The minimum Gasteiger partial charge on any atom is -0.496 e. The van der Waals surface area contributed by atoms with Crippen molar-refractivity contribution in [2.45, 2.75) is 12.7 Å². The fourth-order valence-electron chi connectivity index (χ4n) is 1.51. The van der Waals surface area contributed by atoms with E-state index in [2.05, 4.69) is 10.3 Å². The number of benzene rings is 1. The number of halogens is 3. The topological polar surface area (TPSA) is 49.0 Å². The van der Waals surface area contributed by atoms with Gasteiger partial charge in [-0.1, -0.05) is 0 Å². The molecule has 0 unspecified atom stereocenters. The molecule has 0 fully saturated rings. The molecule has 0 bridgehead atoms. The lowest BCUT2D eigenvalue weighted by Gasteiger charge is -2.15. The third-order valence-electron chi connectivity index (χ3n) is 2.40. The molecule has 0 spiro atoms. The van der Waals surface area contributed by atoms with Gasteiger partial charge in [0.1, 0.15) is 17.2 Å². The summed E-state index contributed by atoms with van der Waals surface area (Å²) in [5, 5.41) is 0. The number of rotatable bonds is 7. The first-order valence-electron chi connectivity index (χ1n) is 5.61. The smallest absolute Gasteiger partial charge is 0.413 e. The zero-order valence-corrected chi connectivity index (χ0v) is 11.3. The second-order valence-electron chi connectivity index (χ2n) is 3.74. The monoisotopic (exact) mass is 295 g/mol. The van der Waals surface area contributed by atoms with Gasteiger partial charge < -0.3 is 14.2 Å². The molecule has 8 heteroatoms. The third kappa shape index (κ3) is 4.78. The lowest BCUT2D eigenvalue weighted by molar-refractivity contribution is -0.190. The molecule has 0 saturated carbocycles. The Kier molecular flexibility index (Phi) is 5.90. The van der Waals surface area contributed by atoms with Gasteiger partial charge in [0.25, 0.3) is 0 Å². The highest BCUT2D eigenvalue weighted by molar-refractivity contribution is 5.50. The van der Waals surface area contributed by atoms with Gasteiger partial charge in [-0.05, 0) is 0 Å². The Morgan fingerprint density at radius 1 is 1.00 bits per heavy atom. The van der Waals surface area contributed by atoms with E-state index in [-0.39, 0.29) is 6.54 Å². The van der Waals surface area contributed by atoms with Gasteiger partial charge in [0.2, 0.25) is 0 Å². The molecular formula is C12H16F3NO4. The normalized spacial score (nSPS) is 11.3. The lowest BCUT2D eigenvalue weighted by atomic mass is 10.1. The van der Waals surface area contributed by atoms with Crippen LogP contribution in [0.1, 0.15) is 5.56 Å². The van der Waals surface area contributed by atoms with Crippen LogP contribution in [0.15, 0.2) is 12.1 Å². The fourth-order valence-corrected chi connectivity index (χ4v) is 1.51. The van der Waals surface area contributed by atoms with Crippen LogP contribution in [0.25, 0.3) is 0 Å². The van der Waals surface area contributed by atoms with Crippen molar-refractivity contribution >= 4 is 0 Å². The number of ether oxygens (including phenoxy) is 3. The van der Waals surface area contributed by atoms with Gasteiger partial charge in [-0.25, -0.2) is 0 Å². The number of nitrogens with one attached hydrogen (secondary N) is 1. The van der Waals surface area contributed by atoms with Crippen molar-refractivity contribution in [2.24, 2.45) is 0 Å². The molecule has 1 rings (SSSR count). The summed E-state index contributed by atoms with van der Waals surface area (Å²) in [5.74, 6) is 1.35. The van der Waals surface area contributed by atoms with Crippen LogP contribution in [0.4, 0.5) is 13.2 Å². The Labute approximate surface area is 114 Å². The molecule has 0 radical (unpaired) electrons. The Hall–Kier alpha value is -1.67. The van der Waals surface area contributed by atoms with E-state index in [9.17, 15) is 13.2 Å². The van der Waals surface area contributed by atoms with E-state index in [0.717, 1.165) is 0 Å². The average molecular weight is 295 g/mol. The molecule has 0 amide bonds. The Morgan fingerprint density at radius 2 is 1.55 bits per heavy atom. The number of alkyl halides is 3. The first-order valence-corrected chi connectivity index (χ1v) is 5.61. The maximum absolute atomic E-state index is 11.9. The lowest BCUT2D eigenvalue weighted by Crippen LogP contribution is -2.24. The summed E-state index contributed by atoms with van der Waals surface area (Å²) in [7, 11) is 4.36. The van der Waals surface area contributed by atoms with Gasteiger partial charge in [-0.3, -0.25) is 4.84 Å². The predicted octanol–water partition coefficient (Wildman–Crippen LogP) is 2.30. The minimum absolute atomic E-state index is 0.00752. The van der Waals surface area contributed by atoms with E-state index in [4.69, 9.17) is 14.2 Å². The van der Waals surface area contributed by atoms with E-state index >= 15 is 0 Å². The van der Waals surface area contributed by atoms with Gasteiger partial charge in [0.05, 0.1) is 33.4 Å². The SMILES string of the molecule is COc1cc(OC)c(CNOCC(F)(F)F)c(OC)c1. The average Bonchev–Trinajstić information content (AvgIpc) is 2.41. The number of methoxy groups -OCH3 is 3. The van der Waals surface area contributed by atoms with Crippen molar-refractivity contribution in [3.05, 3.63) is 17.7 Å². The van der Waals surface area contributed by atoms with E-state index < -0.39 is 12.8 Å². The molecular weight excluding hydrogens is 279 g/mol. The van der Waals surface area contributed by atoms with Crippen molar-refractivity contribution in [3.8, 4) is 17.2 Å². The molecule has 114 valence electrons. The van der Waals surface area contributed by atoms with Gasteiger partial charge in [0.15, 0.2) is 6.61 Å². The summed E-state index contributed by atoms with van der Waals surface area (Å²) in [6.45, 7) is -1.39. The molecule has 0 atom stereocenters. The highest BCUT2D eigenvalue weighted by Crippen LogP contribution is 2.33. The van der Waals surface area contributed by atoms with E-state index in [1.807, 2.05) is 0 Å². The predicted molar refractivity (Wildman–Crippen MR) is 64.9 cm³/mol. The van der Waals surface area contributed by atoms with E-state index in [0.29, 0.717) is 22.8 Å². The molecule has 5 nitrogen and oxygen atoms in total. The summed E-state index contributed by atoms with van der Waals surface area (Å²) in [5.41, 5.74) is 2.75. The minimum atomic E-state index is -4.39. The molecule has 0 aromatic heterocycles. The van der Waals surface area contributed by atoms with E-state index in [1.165, 1.54) is 21.3 Å². The largest absolute Gasteiger partial charge is 0.496 e. The molecule has 1 N–H and O–H groups in total. The molecule has 0 saturated heterocycles. The first kappa shape index (κ1) is 16.4. The molecule has 20 heavy (non-hydrogen) atoms. The van der Waals surface area contributed by atoms with Crippen LogP contribution in [0, 0.1) is 0 Å². The van der Waals surface area contributed by atoms with Crippen molar-refractivity contribution in [1.82, 2.24) is 5.48 Å². The Bertz CT molecular complexity index is 412. The number of hydrogen-bond acceptors (Lipinski definition) is 5. The molecule has 0 aliphatic carbocycles. The van der Waals surface area contributed by atoms with Crippen LogP contribution in [-0.4, -0.2) is 34.1 Å². The van der Waals surface area contributed by atoms with Crippen molar-refractivity contribution in [1.29, 1.82) is 0 Å². The van der Waals surface area contributed by atoms with Crippen molar-refractivity contribution < 1.29 is 32.2 Å². The van der Waals surface area contributed by atoms with Crippen molar-refractivity contribution in [2.75, 3.05) is 27.9 Å².